The molecule has 1 aliphatic carbocycles. The fourth-order valence-electron chi connectivity index (χ4n) is 4.87. The predicted octanol–water partition coefficient (Wildman–Crippen LogP) is 7.57. The molecule has 3 heteroatoms. The molecule has 1 aliphatic heterocycles. The largest absolute Gasteiger partial charge is 0.455 e. The number of fused-ring (bicyclic) bond motifs is 9. The monoisotopic (exact) mass is 444 g/mol. The molecule has 1 nitrogen and oxygen atoms in total. The third-order valence-electron chi connectivity index (χ3n) is 5.88. The van der Waals surface area contributed by atoms with Gasteiger partial charge >= 0.3 is 0 Å². The summed E-state index contributed by atoms with van der Waals surface area (Å²) in [6, 6.07) is 29.6. The van der Waals surface area contributed by atoms with Crippen molar-refractivity contribution < 1.29 is 4.74 Å². The van der Waals surface area contributed by atoms with Crippen molar-refractivity contribution in [2.75, 3.05) is 0 Å². The van der Waals surface area contributed by atoms with E-state index in [9.17, 15) is 0 Å². The summed E-state index contributed by atoms with van der Waals surface area (Å²) in [4.78, 5) is 0. The number of rotatable bonds is 0. The standard InChI is InChI=1S/C25H14BrClO/c26-15-12-13-19-17(14-15)16-6-1-2-7-18(16)25(19)20-8-3-4-11-23(20)28-24-21(25)9-5-10-22(24)27/h1-14H. The lowest BCUT2D eigenvalue weighted by molar-refractivity contribution is 0.436. The van der Waals surface area contributed by atoms with Gasteiger partial charge in [-0.15, -0.1) is 0 Å². The summed E-state index contributed by atoms with van der Waals surface area (Å²) in [7, 11) is 0. The second kappa shape index (κ2) is 5.73. The first-order chi connectivity index (χ1) is 13.7. The lowest BCUT2D eigenvalue weighted by Crippen LogP contribution is -2.32. The molecule has 134 valence electrons. The Bertz CT molecular complexity index is 1280. The molecule has 1 unspecified atom stereocenters. The Hall–Kier alpha value is -2.55. The molecule has 0 aromatic heterocycles. The van der Waals surface area contributed by atoms with E-state index in [0.29, 0.717) is 5.02 Å². The van der Waals surface area contributed by atoms with Crippen molar-refractivity contribution in [2.45, 2.75) is 5.41 Å². The van der Waals surface area contributed by atoms with Gasteiger partial charge in [-0.25, -0.2) is 0 Å². The number of benzene rings is 4. The molecule has 0 amide bonds. The van der Waals surface area contributed by atoms with Crippen LogP contribution in [0.3, 0.4) is 0 Å². The average Bonchev–Trinajstić information content (AvgIpc) is 3.00. The summed E-state index contributed by atoms with van der Waals surface area (Å²) in [5.74, 6) is 1.60. The minimum atomic E-state index is -0.443. The molecule has 0 N–H and O–H groups in total. The fourth-order valence-corrected chi connectivity index (χ4v) is 5.44. The maximum absolute atomic E-state index is 6.62. The van der Waals surface area contributed by atoms with E-state index in [0.717, 1.165) is 27.1 Å². The molecule has 28 heavy (non-hydrogen) atoms. The summed E-state index contributed by atoms with van der Waals surface area (Å²) in [5, 5.41) is 0.634. The van der Waals surface area contributed by atoms with Gasteiger partial charge in [0.25, 0.3) is 0 Å². The third kappa shape index (κ3) is 1.92. The molecule has 1 atom stereocenters. The first-order valence-corrected chi connectivity index (χ1v) is 10.3. The van der Waals surface area contributed by atoms with E-state index in [1.165, 1.54) is 22.3 Å². The van der Waals surface area contributed by atoms with Crippen LogP contribution in [0.5, 0.6) is 11.5 Å². The van der Waals surface area contributed by atoms with Crippen LogP contribution in [0.15, 0.2) is 89.4 Å². The van der Waals surface area contributed by atoms with Gasteiger partial charge in [0.1, 0.15) is 5.75 Å². The van der Waals surface area contributed by atoms with Gasteiger partial charge in [0.15, 0.2) is 5.75 Å². The molecule has 0 saturated carbocycles. The van der Waals surface area contributed by atoms with Gasteiger partial charge in [0, 0.05) is 15.6 Å². The molecule has 0 saturated heterocycles. The van der Waals surface area contributed by atoms with E-state index in [4.69, 9.17) is 16.3 Å². The van der Waals surface area contributed by atoms with Crippen LogP contribution in [-0.4, -0.2) is 0 Å². The van der Waals surface area contributed by atoms with Crippen molar-refractivity contribution in [3.8, 4) is 22.6 Å². The highest BCUT2D eigenvalue weighted by Gasteiger charge is 2.51. The molecule has 2 aliphatic rings. The summed E-state index contributed by atoms with van der Waals surface area (Å²) >= 11 is 10.3. The molecule has 1 spiro atoms. The van der Waals surface area contributed by atoms with Gasteiger partial charge in [-0.2, -0.15) is 0 Å². The molecule has 0 bridgehead atoms. The zero-order valence-electron chi connectivity index (χ0n) is 14.7. The maximum atomic E-state index is 6.62. The molecule has 1 heterocycles. The molecular formula is C25H14BrClO. The van der Waals surface area contributed by atoms with Gasteiger partial charge in [-0.05, 0) is 46.5 Å². The van der Waals surface area contributed by atoms with Crippen molar-refractivity contribution in [1.82, 2.24) is 0 Å². The van der Waals surface area contributed by atoms with Gasteiger partial charge in [-0.1, -0.05) is 88.2 Å². The quantitative estimate of drug-likeness (QED) is 0.234. The van der Waals surface area contributed by atoms with Crippen molar-refractivity contribution >= 4 is 27.5 Å². The van der Waals surface area contributed by atoms with E-state index >= 15 is 0 Å². The van der Waals surface area contributed by atoms with Crippen LogP contribution in [0, 0.1) is 0 Å². The smallest absolute Gasteiger partial charge is 0.150 e. The van der Waals surface area contributed by atoms with Crippen LogP contribution in [0.4, 0.5) is 0 Å². The second-order valence-corrected chi connectivity index (χ2v) is 8.52. The number of halogens is 2. The normalized spacial score (nSPS) is 18.1. The van der Waals surface area contributed by atoms with E-state index in [1.807, 2.05) is 24.3 Å². The average molecular weight is 446 g/mol. The Labute approximate surface area is 176 Å². The second-order valence-electron chi connectivity index (χ2n) is 7.20. The van der Waals surface area contributed by atoms with Gasteiger partial charge in [0.2, 0.25) is 0 Å². The van der Waals surface area contributed by atoms with E-state index < -0.39 is 5.41 Å². The molecule has 0 fully saturated rings. The number of ether oxygens (including phenoxy) is 1. The number of hydrogen-bond donors (Lipinski definition) is 0. The Balaban J connectivity index is 1.86. The number of para-hydroxylation sites is 2. The molecule has 6 rings (SSSR count). The topological polar surface area (TPSA) is 9.23 Å². The highest BCUT2D eigenvalue weighted by molar-refractivity contribution is 9.10. The van der Waals surface area contributed by atoms with Crippen LogP contribution in [0.2, 0.25) is 5.02 Å². The van der Waals surface area contributed by atoms with Crippen LogP contribution < -0.4 is 4.74 Å². The fraction of sp³-hybridized carbons (Fsp3) is 0.0400. The lowest BCUT2D eigenvalue weighted by Gasteiger charge is -2.39. The third-order valence-corrected chi connectivity index (χ3v) is 6.67. The molecule has 4 aromatic carbocycles. The Morgan fingerprint density at radius 3 is 2.29 bits per heavy atom. The predicted molar refractivity (Wildman–Crippen MR) is 117 cm³/mol. The Kier molecular flexibility index (Phi) is 3.36. The van der Waals surface area contributed by atoms with Crippen molar-refractivity contribution in [1.29, 1.82) is 0 Å². The minimum absolute atomic E-state index is 0.443. The van der Waals surface area contributed by atoms with Gasteiger partial charge in [0.05, 0.1) is 10.4 Å². The highest BCUT2D eigenvalue weighted by Crippen LogP contribution is 2.62. The van der Waals surface area contributed by atoms with Crippen molar-refractivity contribution in [3.63, 3.8) is 0 Å². The molecule has 4 aromatic rings. The first-order valence-electron chi connectivity index (χ1n) is 9.17. The van der Waals surface area contributed by atoms with Gasteiger partial charge in [-0.3, -0.25) is 0 Å². The van der Waals surface area contributed by atoms with Crippen LogP contribution in [-0.2, 0) is 5.41 Å². The van der Waals surface area contributed by atoms with E-state index in [-0.39, 0.29) is 0 Å². The molecule has 0 radical (unpaired) electrons. The van der Waals surface area contributed by atoms with E-state index in [1.54, 1.807) is 0 Å². The minimum Gasteiger partial charge on any atom is -0.455 e. The Morgan fingerprint density at radius 2 is 1.39 bits per heavy atom. The summed E-state index contributed by atoms with van der Waals surface area (Å²) in [6.07, 6.45) is 0. The van der Waals surface area contributed by atoms with Crippen molar-refractivity contribution in [3.05, 3.63) is 117 Å². The van der Waals surface area contributed by atoms with E-state index in [2.05, 4.69) is 76.6 Å². The number of hydrogen-bond acceptors (Lipinski definition) is 1. The first kappa shape index (κ1) is 16.4. The zero-order chi connectivity index (χ0) is 18.9. The maximum Gasteiger partial charge on any atom is 0.150 e. The highest BCUT2D eigenvalue weighted by atomic mass is 79.9. The lowest BCUT2D eigenvalue weighted by atomic mass is 9.66. The van der Waals surface area contributed by atoms with Crippen LogP contribution in [0.1, 0.15) is 22.3 Å². The van der Waals surface area contributed by atoms with Crippen LogP contribution >= 0.6 is 27.5 Å². The summed E-state index contributed by atoms with van der Waals surface area (Å²) in [5.41, 5.74) is 6.82. The van der Waals surface area contributed by atoms with Gasteiger partial charge < -0.3 is 4.74 Å². The van der Waals surface area contributed by atoms with Crippen LogP contribution in [0.25, 0.3) is 11.1 Å². The zero-order valence-corrected chi connectivity index (χ0v) is 17.1. The summed E-state index contributed by atoms with van der Waals surface area (Å²) < 4.78 is 7.38. The molecular weight excluding hydrogens is 432 g/mol. The SMILES string of the molecule is Clc1cccc2c1Oc1ccccc1C21c2ccccc2-c2cc(Br)ccc21. The van der Waals surface area contributed by atoms with Crippen molar-refractivity contribution in [2.24, 2.45) is 0 Å². The Morgan fingerprint density at radius 1 is 0.679 bits per heavy atom. The summed E-state index contributed by atoms with van der Waals surface area (Å²) in [6.45, 7) is 0.